The smallest absolute Gasteiger partial charge is 0.246 e. The van der Waals surface area contributed by atoms with Crippen molar-refractivity contribution in [3.63, 3.8) is 0 Å². The summed E-state index contributed by atoms with van der Waals surface area (Å²) in [4.78, 5) is 0.249. The molecule has 19 heavy (non-hydrogen) atoms. The summed E-state index contributed by atoms with van der Waals surface area (Å²) in [6, 6.07) is 1.54. The van der Waals surface area contributed by atoms with Gasteiger partial charge in [-0.1, -0.05) is 13.8 Å². The molecular formula is C12H20N2O3S2. The van der Waals surface area contributed by atoms with Crippen molar-refractivity contribution in [2.45, 2.75) is 42.7 Å². The first-order valence-electron chi connectivity index (χ1n) is 6.29. The highest BCUT2D eigenvalue weighted by Gasteiger charge is 2.34. The van der Waals surface area contributed by atoms with E-state index >= 15 is 0 Å². The minimum atomic E-state index is -3.48. The van der Waals surface area contributed by atoms with Crippen LogP contribution in [0.2, 0.25) is 0 Å². The van der Waals surface area contributed by atoms with E-state index in [1.54, 1.807) is 17.3 Å². The first kappa shape index (κ1) is 14.9. The van der Waals surface area contributed by atoms with Gasteiger partial charge in [0.05, 0.1) is 6.54 Å². The fourth-order valence-corrected chi connectivity index (χ4v) is 5.66. The van der Waals surface area contributed by atoms with E-state index in [0.717, 1.165) is 0 Å². The Morgan fingerprint density at radius 2 is 2.00 bits per heavy atom. The molecular weight excluding hydrogens is 284 g/mol. The molecule has 2 heterocycles. The number of aryl methyl sites for hydroxylation is 1. The highest BCUT2D eigenvalue weighted by Crippen LogP contribution is 2.30. The Kier molecular flexibility index (Phi) is 4.29. The second-order valence-electron chi connectivity index (χ2n) is 4.92. The van der Waals surface area contributed by atoms with Crippen LogP contribution in [0.4, 0.5) is 0 Å². The second kappa shape index (κ2) is 5.47. The minimum absolute atomic E-state index is 0.207. The standard InChI is InChI=1S/C12H20N2O3S2/c1-8-6-14(7-9(2)18-8)19(15,16)12-4-11(5-13)17-10(12)3/h4,8-9H,5-7,13H2,1-3H3. The van der Waals surface area contributed by atoms with Crippen molar-refractivity contribution in [3.8, 4) is 0 Å². The van der Waals surface area contributed by atoms with Gasteiger partial charge in [-0.25, -0.2) is 8.42 Å². The third-order valence-corrected chi connectivity index (χ3v) is 6.29. The summed E-state index contributed by atoms with van der Waals surface area (Å²) in [6.45, 7) is 7.06. The molecule has 2 rings (SSSR count). The second-order valence-corrected chi connectivity index (χ2v) is 8.70. The van der Waals surface area contributed by atoms with Crippen molar-refractivity contribution in [3.05, 3.63) is 17.6 Å². The first-order valence-corrected chi connectivity index (χ1v) is 8.68. The summed E-state index contributed by atoms with van der Waals surface area (Å²) in [5.74, 6) is 0.919. The van der Waals surface area contributed by atoms with Crippen LogP contribution in [-0.4, -0.2) is 36.3 Å². The Balaban J connectivity index is 2.33. The topological polar surface area (TPSA) is 76.5 Å². The fourth-order valence-electron chi connectivity index (χ4n) is 2.35. The number of nitrogens with two attached hydrogens (primary N) is 1. The molecule has 1 aromatic heterocycles. The van der Waals surface area contributed by atoms with Gasteiger partial charge in [-0.3, -0.25) is 0 Å². The molecule has 1 aromatic rings. The van der Waals surface area contributed by atoms with Gasteiger partial charge >= 0.3 is 0 Å². The van der Waals surface area contributed by atoms with Crippen molar-refractivity contribution < 1.29 is 12.8 Å². The molecule has 2 unspecified atom stereocenters. The first-order chi connectivity index (χ1) is 8.84. The number of hydrogen-bond donors (Lipinski definition) is 1. The molecule has 0 radical (unpaired) electrons. The van der Waals surface area contributed by atoms with E-state index in [2.05, 4.69) is 13.8 Å². The molecule has 7 heteroatoms. The maximum atomic E-state index is 12.6. The van der Waals surface area contributed by atoms with Crippen LogP contribution < -0.4 is 5.73 Å². The van der Waals surface area contributed by atoms with Crippen molar-refractivity contribution >= 4 is 21.8 Å². The maximum absolute atomic E-state index is 12.6. The molecule has 1 aliphatic rings. The van der Waals surface area contributed by atoms with E-state index in [1.165, 1.54) is 0 Å². The molecule has 2 N–H and O–H groups in total. The predicted molar refractivity (Wildman–Crippen MR) is 76.6 cm³/mol. The lowest BCUT2D eigenvalue weighted by Crippen LogP contribution is -2.43. The van der Waals surface area contributed by atoms with E-state index in [9.17, 15) is 8.42 Å². The van der Waals surface area contributed by atoms with Crippen molar-refractivity contribution in [2.24, 2.45) is 5.73 Å². The Morgan fingerprint density at radius 3 is 2.47 bits per heavy atom. The molecule has 1 saturated heterocycles. The highest BCUT2D eigenvalue weighted by atomic mass is 32.2. The molecule has 0 aromatic carbocycles. The van der Waals surface area contributed by atoms with Crippen LogP contribution in [0.3, 0.4) is 0 Å². The zero-order valence-electron chi connectivity index (χ0n) is 11.4. The highest BCUT2D eigenvalue weighted by molar-refractivity contribution is 8.00. The van der Waals surface area contributed by atoms with Crippen molar-refractivity contribution in [1.29, 1.82) is 0 Å². The Bertz CT molecular complexity index is 543. The van der Waals surface area contributed by atoms with Gasteiger partial charge in [0.2, 0.25) is 10.0 Å². The number of furan rings is 1. The number of nitrogens with zero attached hydrogens (tertiary/aromatic N) is 1. The molecule has 0 aliphatic carbocycles. The number of sulfonamides is 1. The molecule has 0 spiro atoms. The zero-order chi connectivity index (χ0) is 14.2. The van der Waals surface area contributed by atoms with Crippen molar-refractivity contribution in [2.75, 3.05) is 13.1 Å². The van der Waals surface area contributed by atoms with E-state index in [1.807, 2.05) is 11.8 Å². The van der Waals surface area contributed by atoms with Gasteiger partial charge < -0.3 is 10.2 Å². The third kappa shape index (κ3) is 2.99. The molecule has 0 saturated carbocycles. The van der Waals surface area contributed by atoms with Crippen LogP contribution in [0.25, 0.3) is 0 Å². The van der Waals surface area contributed by atoms with Crippen LogP contribution in [0.1, 0.15) is 25.4 Å². The fraction of sp³-hybridized carbons (Fsp3) is 0.667. The van der Waals surface area contributed by atoms with Crippen LogP contribution in [0.15, 0.2) is 15.4 Å². The van der Waals surface area contributed by atoms with E-state index in [-0.39, 0.29) is 11.4 Å². The maximum Gasteiger partial charge on any atom is 0.246 e. The van der Waals surface area contributed by atoms with Crippen molar-refractivity contribution in [1.82, 2.24) is 4.31 Å². The summed E-state index contributed by atoms with van der Waals surface area (Å²) >= 11 is 1.82. The summed E-state index contributed by atoms with van der Waals surface area (Å²) in [5.41, 5.74) is 5.49. The molecule has 108 valence electrons. The molecule has 1 fully saturated rings. The molecule has 2 atom stereocenters. The molecule has 0 amide bonds. The van der Waals surface area contributed by atoms with E-state index < -0.39 is 10.0 Å². The Hall–Kier alpha value is -0.500. The monoisotopic (exact) mass is 304 g/mol. The Labute approximate surface area is 118 Å². The van der Waals surface area contributed by atoms with E-state index in [4.69, 9.17) is 10.2 Å². The van der Waals surface area contributed by atoms with Crippen LogP contribution in [0.5, 0.6) is 0 Å². The average Bonchev–Trinajstić information content (AvgIpc) is 2.70. The summed E-state index contributed by atoms with van der Waals surface area (Å²) in [7, 11) is -3.48. The lowest BCUT2D eigenvalue weighted by molar-refractivity contribution is 0.402. The number of rotatable bonds is 3. The van der Waals surface area contributed by atoms with Gasteiger partial charge in [0, 0.05) is 29.7 Å². The summed E-state index contributed by atoms with van der Waals surface area (Å²) in [5, 5.41) is 0.611. The number of hydrogen-bond acceptors (Lipinski definition) is 5. The summed E-state index contributed by atoms with van der Waals surface area (Å²) in [6.07, 6.45) is 0. The van der Waals surface area contributed by atoms with Crippen LogP contribution in [0, 0.1) is 6.92 Å². The van der Waals surface area contributed by atoms with Gasteiger partial charge in [0.1, 0.15) is 16.4 Å². The lowest BCUT2D eigenvalue weighted by atomic mass is 10.4. The normalized spacial score (nSPS) is 25.7. The molecule has 1 aliphatic heterocycles. The van der Waals surface area contributed by atoms with Crippen LogP contribution >= 0.6 is 11.8 Å². The van der Waals surface area contributed by atoms with Gasteiger partial charge in [0.15, 0.2) is 0 Å². The van der Waals surface area contributed by atoms with Crippen LogP contribution in [-0.2, 0) is 16.6 Å². The third-order valence-electron chi connectivity index (χ3n) is 3.13. The molecule has 5 nitrogen and oxygen atoms in total. The number of thioether (sulfide) groups is 1. The quantitative estimate of drug-likeness (QED) is 0.917. The Morgan fingerprint density at radius 1 is 1.42 bits per heavy atom. The average molecular weight is 304 g/mol. The largest absolute Gasteiger partial charge is 0.464 e. The molecule has 0 bridgehead atoms. The summed E-state index contributed by atoms with van der Waals surface area (Å²) < 4.78 is 32.2. The lowest BCUT2D eigenvalue weighted by Gasteiger charge is -2.33. The van der Waals surface area contributed by atoms with Gasteiger partial charge in [-0.15, -0.1) is 0 Å². The predicted octanol–water partition coefficient (Wildman–Crippen LogP) is 1.56. The SMILES string of the molecule is Cc1oc(CN)cc1S(=O)(=O)N1CC(C)SC(C)C1. The zero-order valence-corrected chi connectivity index (χ0v) is 13.1. The van der Waals surface area contributed by atoms with Gasteiger partial charge in [-0.2, -0.15) is 16.1 Å². The minimum Gasteiger partial charge on any atom is -0.464 e. The van der Waals surface area contributed by atoms with Gasteiger partial charge in [-0.05, 0) is 6.92 Å². The van der Waals surface area contributed by atoms with E-state index in [0.29, 0.717) is 35.1 Å². The van der Waals surface area contributed by atoms with Gasteiger partial charge in [0.25, 0.3) is 0 Å².